The van der Waals surface area contributed by atoms with E-state index < -0.39 is 18.3 Å². The Balaban J connectivity index is 2.73. The number of benzene rings is 1. The van der Waals surface area contributed by atoms with Gasteiger partial charge in [-0.2, -0.15) is 0 Å². The molecule has 1 aromatic carbocycles. The van der Waals surface area contributed by atoms with Crippen molar-refractivity contribution in [1.29, 1.82) is 0 Å². The molecule has 1 aromatic rings. The van der Waals surface area contributed by atoms with Gasteiger partial charge in [-0.3, -0.25) is 9.59 Å². The minimum Gasteiger partial charge on any atom is -0.491 e. The minimum atomic E-state index is -1.15. The van der Waals surface area contributed by atoms with Crippen LogP contribution in [0.3, 0.4) is 0 Å². The van der Waals surface area contributed by atoms with Crippen molar-refractivity contribution in [3.05, 3.63) is 23.8 Å². The second kappa shape index (κ2) is 6.05. The Bertz CT molecular complexity index is 454. The van der Waals surface area contributed by atoms with Crippen LogP contribution in [0.15, 0.2) is 18.2 Å². The normalized spacial score (nSPS) is 10.2. The van der Waals surface area contributed by atoms with E-state index in [0.29, 0.717) is 5.69 Å². The molecule has 0 fully saturated rings. The van der Waals surface area contributed by atoms with Gasteiger partial charge in [0.05, 0.1) is 6.10 Å². The number of anilines is 1. The summed E-state index contributed by atoms with van der Waals surface area (Å²) in [4.78, 5) is 21.7. The number of rotatable bonds is 5. The van der Waals surface area contributed by atoms with Crippen molar-refractivity contribution >= 4 is 17.6 Å². The first-order chi connectivity index (χ1) is 8.38. The third-order valence-corrected chi connectivity index (χ3v) is 2.16. The van der Waals surface area contributed by atoms with Crippen LogP contribution in [0.2, 0.25) is 0 Å². The van der Waals surface area contributed by atoms with Crippen LogP contribution in [-0.4, -0.2) is 23.1 Å². The van der Waals surface area contributed by atoms with Gasteiger partial charge < -0.3 is 15.2 Å². The highest BCUT2D eigenvalue weighted by Crippen LogP contribution is 2.22. The van der Waals surface area contributed by atoms with E-state index in [-0.39, 0.29) is 6.10 Å². The summed E-state index contributed by atoms with van der Waals surface area (Å²) in [5.41, 5.74) is 1.42. The van der Waals surface area contributed by atoms with Crippen molar-refractivity contribution in [3.63, 3.8) is 0 Å². The smallest absolute Gasteiger partial charge is 0.312 e. The fraction of sp³-hybridized carbons (Fsp3) is 0.385. The van der Waals surface area contributed by atoms with Crippen molar-refractivity contribution in [3.8, 4) is 5.75 Å². The predicted molar refractivity (Wildman–Crippen MR) is 67.8 cm³/mol. The first kappa shape index (κ1) is 14.0. The number of nitrogens with one attached hydrogen (secondary N) is 1. The van der Waals surface area contributed by atoms with E-state index in [0.717, 1.165) is 11.3 Å². The second-order valence-corrected chi connectivity index (χ2v) is 4.26. The number of hydrogen-bond donors (Lipinski definition) is 2. The van der Waals surface area contributed by atoms with Crippen LogP contribution < -0.4 is 10.1 Å². The van der Waals surface area contributed by atoms with Gasteiger partial charge in [-0.25, -0.2) is 0 Å². The Hall–Kier alpha value is -2.04. The van der Waals surface area contributed by atoms with Gasteiger partial charge in [0.1, 0.15) is 12.2 Å². The fourth-order valence-corrected chi connectivity index (χ4v) is 1.45. The lowest BCUT2D eigenvalue weighted by molar-refractivity contribution is -0.139. The van der Waals surface area contributed by atoms with Crippen LogP contribution in [0.25, 0.3) is 0 Å². The summed E-state index contributed by atoms with van der Waals surface area (Å²) in [5.74, 6) is -0.966. The molecule has 5 heteroatoms. The number of ether oxygens (including phenoxy) is 1. The molecule has 1 amide bonds. The summed E-state index contributed by atoms with van der Waals surface area (Å²) >= 11 is 0. The molecule has 1 rings (SSSR count). The Morgan fingerprint density at radius 3 is 2.56 bits per heavy atom. The highest BCUT2D eigenvalue weighted by atomic mass is 16.5. The first-order valence-corrected chi connectivity index (χ1v) is 5.67. The summed E-state index contributed by atoms with van der Waals surface area (Å²) in [6.45, 7) is 5.68. The molecule has 0 saturated carbocycles. The highest BCUT2D eigenvalue weighted by molar-refractivity contribution is 6.01. The summed E-state index contributed by atoms with van der Waals surface area (Å²) < 4.78 is 5.51. The molecule has 0 aliphatic rings. The Morgan fingerprint density at radius 1 is 1.39 bits per heavy atom. The Kier molecular flexibility index (Phi) is 4.71. The maximum absolute atomic E-state index is 11.3. The van der Waals surface area contributed by atoms with Crippen LogP contribution in [0, 0.1) is 6.92 Å². The van der Waals surface area contributed by atoms with Crippen molar-refractivity contribution < 1.29 is 19.4 Å². The molecule has 98 valence electrons. The second-order valence-electron chi connectivity index (χ2n) is 4.26. The van der Waals surface area contributed by atoms with Crippen molar-refractivity contribution in [2.75, 3.05) is 5.32 Å². The summed E-state index contributed by atoms with van der Waals surface area (Å²) in [5, 5.41) is 11.0. The van der Waals surface area contributed by atoms with E-state index in [1.807, 2.05) is 20.8 Å². The molecule has 2 N–H and O–H groups in total. The minimum absolute atomic E-state index is 0.0804. The van der Waals surface area contributed by atoms with Crippen LogP contribution >= 0.6 is 0 Å². The SMILES string of the molecule is Cc1cc(OC(C)C)ccc1NC(=O)CC(=O)O. The molecule has 0 radical (unpaired) electrons. The molecule has 18 heavy (non-hydrogen) atoms. The van der Waals surface area contributed by atoms with Gasteiger partial charge >= 0.3 is 5.97 Å². The lowest BCUT2D eigenvalue weighted by atomic mass is 10.2. The van der Waals surface area contributed by atoms with E-state index >= 15 is 0 Å². The van der Waals surface area contributed by atoms with Gasteiger partial charge in [-0.05, 0) is 44.5 Å². The quantitative estimate of drug-likeness (QED) is 0.786. The van der Waals surface area contributed by atoms with E-state index in [1.165, 1.54) is 0 Å². The summed E-state index contributed by atoms with van der Waals surface area (Å²) in [6, 6.07) is 5.24. The molecule has 0 aliphatic heterocycles. The number of amides is 1. The molecular weight excluding hydrogens is 234 g/mol. The zero-order valence-electron chi connectivity index (χ0n) is 10.7. The van der Waals surface area contributed by atoms with Crippen LogP contribution in [0.4, 0.5) is 5.69 Å². The molecule has 0 bridgehead atoms. The average Bonchev–Trinajstić information content (AvgIpc) is 2.20. The van der Waals surface area contributed by atoms with Gasteiger partial charge in [0.15, 0.2) is 0 Å². The van der Waals surface area contributed by atoms with E-state index in [2.05, 4.69) is 5.32 Å². The topological polar surface area (TPSA) is 75.6 Å². The Morgan fingerprint density at radius 2 is 2.06 bits per heavy atom. The highest BCUT2D eigenvalue weighted by Gasteiger charge is 2.09. The van der Waals surface area contributed by atoms with Crippen molar-refractivity contribution in [1.82, 2.24) is 0 Å². The van der Waals surface area contributed by atoms with Gasteiger partial charge in [0, 0.05) is 5.69 Å². The van der Waals surface area contributed by atoms with Gasteiger partial charge in [0.25, 0.3) is 0 Å². The van der Waals surface area contributed by atoms with Crippen molar-refractivity contribution in [2.45, 2.75) is 33.3 Å². The molecule has 0 spiro atoms. The summed E-state index contributed by atoms with van der Waals surface area (Å²) in [7, 11) is 0. The van der Waals surface area contributed by atoms with E-state index in [9.17, 15) is 9.59 Å². The zero-order chi connectivity index (χ0) is 13.7. The predicted octanol–water partition coefficient (Wildman–Crippen LogP) is 2.20. The van der Waals surface area contributed by atoms with Crippen LogP contribution in [0.1, 0.15) is 25.8 Å². The molecule has 0 unspecified atom stereocenters. The van der Waals surface area contributed by atoms with Crippen LogP contribution in [0.5, 0.6) is 5.75 Å². The number of carboxylic acid groups (broad SMARTS) is 1. The number of carbonyl (C=O) groups excluding carboxylic acids is 1. The molecule has 5 nitrogen and oxygen atoms in total. The number of carboxylic acids is 1. The maximum Gasteiger partial charge on any atom is 0.312 e. The zero-order valence-corrected chi connectivity index (χ0v) is 10.7. The first-order valence-electron chi connectivity index (χ1n) is 5.67. The van der Waals surface area contributed by atoms with Gasteiger partial charge in [-0.1, -0.05) is 0 Å². The van der Waals surface area contributed by atoms with Crippen molar-refractivity contribution in [2.24, 2.45) is 0 Å². The number of hydrogen-bond acceptors (Lipinski definition) is 3. The maximum atomic E-state index is 11.3. The fourth-order valence-electron chi connectivity index (χ4n) is 1.45. The molecular formula is C13H17NO4. The van der Waals surface area contributed by atoms with Gasteiger partial charge in [-0.15, -0.1) is 0 Å². The lowest BCUT2D eigenvalue weighted by Crippen LogP contribution is -2.16. The molecule has 0 aliphatic carbocycles. The largest absolute Gasteiger partial charge is 0.491 e. The standard InChI is InChI=1S/C13H17NO4/c1-8(2)18-10-4-5-11(9(3)6-10)14-12(15)7-13(16)17/h4-6,8H,7H2,1-3H3,(H,14,15)(H,16,17). The summed E-state index contributed by atoms with van der Waals surface area (Å²) in [6.07, 6.45) is -0.458. The van der Waals surface area contributed by atoms with E-state index in [4.69, 9.17) is 9.84 Å². The molecule has 0 heterocycles. The lowest BCUT2D eigenvalue weighted by Gasteiger charge is -2.13. The third kappa shape index (κ3) is 4.45. The van der Waals surface area contributed by atoms with Gasteiger partial charge in [0.2, 0.25) is 5.91 Å². The third-order valence-electron chi connectivity index (χ3n) is 2.16. The van der Waals surface area contributed by atoms with Crippen LogP contribution in [-0.2, 0) is 9.59 Å². The Labute approximate surface area is 106 Å². The molecule has 0 aromatic heterocycles. The number of carbonyl (C=O) groups is 2. The molecule has 0 atom stereocenters. The number of aliphatic carboxylic acids is 1. The number of aryl methyl sites for hydroxylation is 1. The van der Waals surface area contributed by atoms with E-state index in [1.54, 1.807) is 18.2 Å². The molecule has 0 saturated heterocycles. The monoisotopic (exact) mass is 251 g/mol. The average molecular weight is 251 g/mol.